The van der Waals surface area contributed by atoms with Crippen LogP contribution in [-0.4, -0.2) is 30.1 Å². The van der Waals surface area contributed by atoms with E-state index >= 15 is 0 Å². The van der Waals surface area contributed by atoms with Crippen LogP contribution in [0.25, 0.3) is 0 Å². The van der Waals surface area contributed by atoms with E-state index in [9.17, 15) is 9.90 Å². The highest BCUT2D eigenvalue weighted by Crippen LogP contribution is 2.18. The number of nitrogens with one attached hydrogen (secondary N) is 2. The molecule has 1 fully saturated rings. The SMILES string of the molecule is Cc1ccc(O)c(C(=O)NCC[C@H]2CCCN2)c1. The first-order valence-electron chi connectivity index (χ1n) is 6.48. The van der Waals surface area contributed by atoms with Crippen LogP contribution in [0.1, 0.15) is 35.2 Å². The van der Waals surface area contributed by atoms with Crippen molar-refractivity contribution in [1.29, 1.82) is 0 Å². The molecule has 4 heteroatoms. The standard InChI is InChI=1S/C14H20N2O2/c1-10-4-5-13(17)12(9-10)14(18)16-8-6-11-3-2-7-15-11/h4-5,9,11,15,17H,2-3,6-8H2,1H3,(H,16,18)/t11-/m1/s1. The Morgan fingerprint density at radius 3 is 3.11 bits per heavy atom. The Hall–Kier alpha value is -1.55. The maximum atomic E-state index is 11.9. The highest BCUT2D eigenvalue weighted by atomic mass is 16.3. The van der Waals surface area contributed by atoms with Crippen LogP contribution in [-0.2, 0) is 0 Å². The van der Waals surface area contributed by atoms with E-state index in [-0.39, 0.29) is 11.7 Å². The quantitative estimate of drug-likeness (QED) is 0.758. The molecule has 0 radical (unpaired) electrons. The first kappa shape index (κ1) is 12.9. The lowest BCUT2D eigenvalue weighted by Gasteiger charge is -2.11. The number of hydrogen-bond donors (Lipinski definition) is 3. The van der Waals surface area contributed by atoms with E-state index in [1.165, 1.54) is 12.8 Å². The minimum atomic E-state index is -0.200. The summed E-state index contributed by atoms with van der Waals surface area (Å²) in [5.41, 5.74) is 1.32. The molecule has 1 aromatic carbocycles. The van der Waals surface area contributed by atoms with E-state index < -0.39 is 0 Å². The third kappa shape index (κ3) is 3.23. The molecular weight excluding hydrogens is 228 g/mol. The van der Waals surface area contributed by atoms with Crippen molar-refractivity contribution in [2.24, 2.45) is 0 Å². The number of rotatable bonds is 4. The van der Waals surface area contributed by atoms with Crippen molar-refractivity contribution in [3.8, 4) is 5.75 Å². The van der Waals surface area contributed by atoms with Crippen LogP contribution in [0.15, 0.2) is 18.2 Å². The van der Waals surface area contributed by atoms with Crippen LogP contribution >= 0.6 is 0 Å². The minimum Gasteiger partial charge on any atom is -0.507 e. The molecule has 0 bridgehead atoms. The lowest BCUT2D eigenvalue weighted by molar-refractivity contribution is 0.0949. The lowest BCUT2D eigenvalue weighted by Crippen LogP contribution is -2.30. The van der Waals surface area contributed by atoms with Crippen molar-refractivity contribution in [1.82, 2.24) is 10.6 Å². The zero-order chi connectivity index (χ0) is 13.0. The van der Waals surface area contributed by atoms with E-state index in [1.54, 1.807) is 18.2 Å². The number of phenolic OH excluding ortho intramolecular Hbond substituents is 1. The summed E-state index contributed by atoms with van der Waals surface area (Å²) in [4.78, 5) is 11.9. The van der Waals surface area contributed by atoms with Crippen LogP contribution in [0.3, 0.4) is 0 Å². The summed E-state index contributed by atoms with van der Waals surface area (Å²) in [5.74, 6) is -0.161. The molecule has 0 aliphatic carbocycles. The number of aromatic hydroxyl groups is 1. The summed E-state index contributed by atoms with van der Waals surface area (Å²) < 4.78 is 0. The van der Waals surface area contributed by atoms with Gasteiger partial charge in [0.15, 0.2) is 0 Å². The number of carbonyl (C=O) groups excluding carboxylic acids is 1. The Balaban J connectivity index is 1.85. The molecule has 1 aromatic rings. The molecule has 1 amide bonds. The molecule has 1 aliphatic rings. The van der Waals surface area contributed by atoms with Gasteiger partial charge in [0.2, 0.25) is 0 Å². The number of carbonyl (C=O) groups is 1. The molecule has 1 atom stereocenters. The summed E-state index contributed by atoms with van der Waals surface area (Å²) >= 11 is 0. The summed E-state index contributed by atoms with van der Waals surface area (Å²) in [7, 11) is 0. The average molecular weight is 248 g/mol. The zero-order valence-electron chi connectivity index (χ0n) is 10.7. The maximum absolute atomic E-state index is 11.9. The van der Waals surface area contributed by atoms with Gasteiger partial charge in [-0.3, -0.25) is 4.79 Å². The largest absolute Gasteiger partial charge is 0.507 e. The smallest absolute Gasteiger partial charge is 0.255 e. The first-order valence-corrected chi connectivity index (χ1v) is 6.48. The molecule has 98 valence electrons. The molecule has 0 unspecified atom stereocenters. The zero-order valence-corrected chi connectivity index (χ0v) is 10.7. The lowest BCUT2D eigenvalue weighted by atomic mass is 10.1. The second-order valence-corrected chi connectivity index (χ2v) is 4.86. The number of amides is 1. The van der Waals surface area contributed by atoms with Crippen molar-refractivity contribution in [2.45, 2.75) is 32.2 Å². The molecule has 1 heterocycles. The van der Waals surface area contributed by atoms with E-state index in [0.29, 0.717) is 18.2 Å². The van der Waals surface area contributed by atoms with Gasteiger partial charge < -0.3 is 15.7 Å². The van der Waals surface area contributed by atoms with Crippen LogP contribution in [0, 0.1) is 6.92 Å². The van der Waals surface area contributed by atoms with Crippen molar-refractivity contribution >= 4 is 5.91 Å². The van der Waals surface area contributed by atoms with Gasteiger partial charge in [-0.05, 0) is 44.9 Å². The number of phenols is 1. The Morgan fingerprint density at radius 1 is 1.56 bits per heavy atom. The van der Waals surface area contributed by atoms with Crippen molar-refractivity contribution < 1.29 is 9.90 Å². The summed E-state index contributed by atoms with van der Waals surface area (Å²) in [6.45, 7) is 3.62. The van der Waals surface area contributed by atoms with Gasteiger partial charge in [0, 0.05) is 12.6 Å². The highest BCUT2D eigenvalue weighted by molar-refractivity contribution is 5.96. The molecule has 18 heavy (non-hydrogen) atoms. The van der Waals surface area contributed by atoms with Gasteiger partial charge in [-0.15, -0.1) is 0 Å². The molecule has 2 rings (SSSR count). The van der Waals surface area contributed by atoms with E-state index in [0.717, 1.165) is 18.5 Å². The normalized spacial score (nSPS) is 18.8. The topological polar surface area (TPSA) is 61.4 Å². The van der Waals surface area contributed by atoms with Crippen molar-refractivity contribution in [3.05, 3.63) is 29.3 Å². The second kappa shape index (κ2) is 5.87. The van der Waals surface area contributed by atoms with Gasteiger partial charge in [0.1, 0.15) is 5.75 Å². The van der Waals surface area contributed by atoms with Crippen molar-refractivity contribution in [2.75, 3.05) is 13.1 Å². The van der Waals surface area contributed by atoms with E-state index in [4.69, 9.17) is 0 Å². The molecule has 4 nitrogen and oxygen atoms in total. The summed E-state index contributed by atoms with van der Waals surface area (Å²) in [5, 5.41) is 15.9. The molecule has 0 spiro atoms. The monoisotopic (exact) mass is 248 g/mol. The van der Waals surface area contributed by atoms with Gasteiger partial charge >= 0.3 is 0 Å². The second-order valence-electron chi connectivity index (χ2n) is 4.86. The first-order chi connectivity index (χ1) is 8.66. The van der Waals surface area contributed by atoms with E-state index in [2.05, 4.69) is 10.6 Å². The van der Waals surface area contributed by atoms with E-state index in [1.807, 2.05) is 6.92 Å². The van der Waals surface area contributed by atoms with Gasteiger partial charge in [-0.2, -0.15) is 0 Å². The van der Waals surface area contributed by atoms with Gasteiger partial charge in [0.05, 0.1) is 5.56 Å². The molecule has 1 aliphatic heterocycles. The minimum absolute atomic E-state index is 0.0390. The maximum Gasteiger partial charge on any atom is 0.255 e. The third-order valence-corrected chi connectivity index (χ3v) is 3.34. The average Bonchev–Trinajstić information content (AvgIpc) is 2.85. The number of benzene rings is 1. The van der Waals surface area contributed by atoms with Gasteiger partial charge in [-0.1, -0.05) is 11.6 Å². The molecular formula is C14H20N2O2. The number of aryl methyl sites for hydroxylation is 1. The Kier molecular flexibility index (Phi) is 4.20. The van der Waals surface area contributed by atoms with Crippen LogP contribution < -0.4 is 10.6 Å². The van der Waals surface area contributed by atoms with Crippen LogP contribution in [0.4, 0.5) is 0 Å². The Bertz CT molecular complexity index is 426. The highest BCUT2D eigenvalue weighted by Gasteiger charge is 2.15. The fourth-order valence-corrected chi connectivity index (χ4v) is 2.29. The summed E-state index contributed by atoms with van der Waals surface area (Å²) in [6.07, 6.45) is 3.35. The predicted octanol–water partition coefficient (Wildman–Crippen LogP) is 1.57. The molecule has 3 N–H and O–H groups in total. The van der Waals surface area contributed by atoms with Gasteiger partial charge in [0.25, 0.3) is 5.91 Å². The third-order valence-electron chi connectivity index (χ3n) is 3.34. The summed E-state index contributed by atoms with van der Waals surface area (Å²) in [6, 6.07) is 5.58. The fraction of sp³-hybridized carbons (Fsp3) is 0.500. The molecule has 1 saturated heterocycles. The van der Waals surface area contributed by atoms with Gasteiger partial charge in [-0.25, -0.2) is 0 Å². The Morgan fingerprint density at radius 2 is 2.39 bits per heavy atom. The number of hydrogen-bond acceptors (Lipinski definition) is 3. The predicted molar refractivity (Wildman–Crippen MR) is 70.8 cm³/mol. The van der Waals surface area contributed by atoms with Crippen LogP contribution in [0.2, 0.25) is 0 Å². The van der Waals surface area contributed by atoms with Crippen molar-refractivity contribution in [3.63, 3.8) is 0 Å². The fourth-order valence-electron chi connectivity index (χ4n) is 2.29. The molecule has 0 aromatic heterocycles. The Labute approximate surface area is 107 Å². The molecule has 0 saturated carbocycles. The van der Waals surface area contributed by atoms with Crippen LogP contribution in [0.5, 0.6) is 5.75 Å².